The lowest BCUT2D eigenvalue weighted by atomic mass is 9.79. The number of rotatable bonds is 4. The van der Waals surface area contributed by atoms with Crippen molar-refractivity contribution >= 4 is 11.9 Å². The van der Waals surface area contributed by atoms with Crippen molar-refractivity contribution < 1.29 is 14.7 Å². The van der Waals surface area contributed by atoms with Gasteiger partial charge in [0.05, 0.1) is 0 Å². The fraction of sp³-hybridized carbons (Fsp3) is 0.667. The van der Waals surface area contributed by atoms with Crippen LogP contribution in [0.25, 0.3) is 0 Å². The highest BCUT2D eigenvalue weighted by atomic mass is 16.4. The van der Waals surface area contributed by atoms with Gasteiger partial charge in [0, 0.05) is 24.3 Å². The van der Waals surface area contributed by atoms with Crippen LogP contribution in [0.5, 0.6) is 0 Å². The third kappa shape index (κ3) is 1.72. The Kier molecular flexibility index (Phi) is 2.99. The molecule has 4 atom stereocenters. The molecule has 0 saturated heterocycles. The summed E-state index contributed by atoms with van der Waals surface area (Å²) >= 11 is 0. The lowest BCUT2D eigenvalue weighted by molar-refractivity contribution is -0.314. The number of amides is 1. The summed E-state index contributed by atoms with van der Waals surface area (Å²) in [7, 11) is 0. The highest BCUT2D eigenvalue weighted by molar-refractivity contribution is 5.85. The highest BCUT2D eigenvalue weighted by Crippen LogP contribution is 2.52. The Bertz CT molecular complexity index is 326. The molecule has 2 fully saturated rings. The van der Waals surface area contributed by atoms with E-state index in [9.17, 15) is 14.7 Å². The number of carbonyl (C=O) groups is 2. The molecular weight excluding hydrogens is 206 g/mol. The van der Waals surface area contributed by atoms with E-state index in [4.69, 9.17) is 0 Å². The van der Waals surface area contributed by atoms with Crippen LogP contribution in [0.4, 0.5) is 0 Å². The van der Waals surface area contributed by atoms with E-state index in [2.05, 4.69) is 11.9 Å². The maximum atomic E-state index is 11.9. The average molecular weight is 222 g/mol. The third-order valence-corrected chi connectivity index (χ3v) is 3.91. The van der Waals surface area contributed by atoms with E-state index in [0.717, 1.165) is 19.3 Å². The van der Waals surface area contributed by atoms with Crippen molar-refractivity contribution in [2.75, 3.05) is 6.54 Å². The summed E-state index contributed by atoms with van der Waals surface area (Å²) in [6.07, 6.45) is 4.36. The molecule has 88 valence electrons. The minimum Gasteiger partial charge on any atom is -0.550 e. The van der Waals surface area contributed by atoms with E-state index in [0.29, 0.717) is 6.54 Å². The predicted octanol–water partition coefficient (Wildman–Crippen LogP) is -0.299. The van der Waals surface area contributed by atoms with E-state index in [1.165, 1.54) is 0 Å². The van der Waals surface area contributed by atoms with Gasteiger partial charge in [-0.25, -0.2) is 0 Å². The third-order valence-electron chi connectivity index (χ3n) is 3.91. The quantitative estimate of drug-likeness (QED) is 0.664. The van der Waals surface area contributed by atoms with Crippen LogP contribution < -0.4 is 10.4 Å². The van der Waals surface area contributed by atoms with Gasteiger partial charge in [-0.05, 0) is 31.1 Å². The number of nitrogens with one attached hydrogen (secondary N) is 1. The Morgan fingerprint density at radius 2 is 1.94 bits per heavy atom. The van der Waals surface area contributed by atoms with Crippen LogP contribution in [0.15, 0.2) is 12.7 Å². The number of aliphatic carboxylic acids is 1. The zero-order valence-corrected chi connectivity index (χ0v) is 9.15. The van der Waals surface area contributed by atoms with Crippen molar-refractivity contribution in [3.8, 4) is 0 Å². The van der Waals surface area contributed by atoms with Gasteiger partial charge in [-0.1, -0.05) is 6.08 Å². The maximum absolute atomic E-state index is 11.9. The number of fused-ring (bicyclic) bond motifs is 2. The van der Waals surface area contributed by atoms with Crippen LogP contribution in [0.3, 0.4) is 0 Å². The molecule has 0 aromatic rings. The largest absolute Gasteiger partial charge is 0.550 e. The van der Waals surface area contributed by atoms with Crippen LogP contribution in [0.2, 0.25) is 0 Å². The number of carboxylic acids is 1. The van der Waals surface area contributed by atoms with Gasteiger partial charge in [0.25, 0.3) is 0 Å². The van der Waals surface area contributed by atoms with Gasteiger partial charge < -0.3 is 15.2 Å². The van der Waals surface area contributed by atoms with Crippen LogP contribution in [0, 0.1) is 23.7 Å². The molecule has 0 aromatic heterocycles. The normalized spacial score (nSPS) is 36.0. The molecule has 2 aliphatic rings. The van der Waals surface area contributed by atoms with E-state index < -0.39 is 11.9 Å². The van der Waals surface area contributed by atoms with Crippen molar-refractivity contribution in [1.82, 2.24) is 5.32 Å². The van der Waals surface area contributed by atoms with E-state index >= 15 is 0 Å². The predicted molar refractivity (Wildman–Crippen MR) is 56.0 cm³/mol. The molecule has 0 aliphatic heterocycles. The second-order valence-corrected chi connectivity index (χ2v) is 4.74. The van der Waals surface area contributed by atoms with E-state index in [1.807, 2.05) is 0 Å². The molecule has 0 radical (unpaired) electrons. The monoisotopic (exact) mass is 222 g/mol. The second-order valence-electron chi connectivity index (χ2n) is 4.74. The summed E-state index contributed by atoms with van der Waals surface area (Å²) in [5, 5.41) is 13.8. The molecule has 4 heteroatoms. The maximum Gasteiger partial charge on any atom is 0.224 e. The fourth-order valence-corrected chi connectivity index (χ4v) is 3.30. The molecular formula is C12H16NO3-. The topological polar surface area (TPSA) is 69.2 Å². The first-order valence-electron chi connectivity index (χ1n) is 5.74. The first-order chi connectivity index (χ1) is 7.65. The number of hydrogen-bond donors (Lipinski definition) is 1. The first-order valence-corrected chi connectivity index (χ1v) is 5.74. The Morgan fingerprint density at radius 3 is 2.50 bits per heavy atom. The molecule has 2 aliphatic carbocycles. The molecule has 2 saturated carbocycles. The SMILES string of the molecule is C=CCNC(=O)[C@@H]1[C@H]2CC[C@@H](C2)[C@@H]1C(=O)[O-]. The van der Waals surface area contributed by atoms with E-state index in [1.54, 1.807) is 6.08 Å². The summed E-state index contributed by atoms with van der Waals surface area (Å²) in [5.41, 5.74) is 0. The number of hydrogen-bond acceptors (Lipinski definition) is 3. The Morgan fingerprint density at radius 1 is 1.31 bits per heavy atom. The van der Waals surface area contributed by atoms with Gasteiger partial charge in [-0.15, -0.1) is 6.58 Å². The van der Waals surface area contributed by atoms with Gasteiger partial charge in [0.2, 0.25) is 5.91 Å². The zero-order chi connectivity index (χ0) is 11.7. The molecule has 1 amide bonds. The Labute approximate surface area is 94.7 Å². The Hall–Kier alpha value is -1.32. The molecule has 1 N–H and O–H groups in total. The molecule has 16 heavy (non-hydrogen) atoms. The standard InChI is InChI=1S/C12H17NO3/c1-2-5-13-11(14)9-7-3-4-8(6-7)10(9)12(15)16/h2,7-10H,1,3-6H2,(H,13,14)(H,15,16)/p-1/t7-,8-,9+,10-/m0/s1. The number of carbonyl (C=O) groups excluding carboxylic acids is 2. The molecule has 0 heterocycles. The van der Waals surface area contributed by atoms with Gasteiger partial charge in [0.1, 0.15) is 0 Å². The van der Waals surface area contributed by atoms with Crippen molar-refractivity contribution in [3.05, 3.63) is 12.7 Å². The molecule has 2 rings (SSSR count). The second kappa shape index (κ2) is 4.28. The van der Waals surface area contributed by atoms with Crippen molar-refractivity contribution in [1.29, 1.82) is 0 Å². The van der Waals surface area contributed by atoms with Crippen molar-refractivity contribution in [3.63, 3.8) is 0 Å². The van der Waals surface area contributed by atoms with Crippen LogP contribution >= 0.6 is 0 Å². The lowest BCUT2D eigenvalue weighted by Gasteiger charge is -2.30. The lowest BCUT2D eigenvalue weighted by Crippen LogP contribution is -2.45. The van der Waals surface area contributed by atoms with Gasteiger partial charge in [-0.3, -0.25) is 4.79 Å². The summed E-state index contributed by atoms with van der Waals surface area (Å²) in [4.78, 5) is 22.9. The molecule has 4 nitrogen and oxygen atoms in total. The molecule has 2 bridgehead atoms. The van der Waals surface area contributed by atoms with Crippen LogP contribution in [-0.2, 0) is 9.59 Å². The summed E-state index contributed by atoms with van der Waals surface area (Å²) in [6, 6.07) is 0. The Balaban J connectivity index is 2.09. The minimum atomic E-state index is -1.06. The van der Waals surface area contributed by atoms with Crippen LogP contribution in [-0.4, -0.2) is 18.4 Å². The first kappa shape index (κ1) is 11.2. The van der Waals surface area contributed by atoms with Gasteiger partial charge >= 0.3 is 0 Å². The fourth-order valence-electron chi connectivity index (χ4n) is 3.30. The van der Waals surface area contributed by atoms with Crippen LogP contribution in [0.1, 0.15) is 19.3 Å². The van der Waals surface area contributed by atoms with Crippen molar-refractivity contribution in [2.24, 2.45) is 23.7 Å². The zero-order valence-electron chi connectivity index (χ0n) is 9.15. The molecule has 0 spiro atoms. The highest BCUT2D eigenvalue weighted by Gasteiger charge is 2.51. The van der Waals surface area contributed by atoms with Gasteiger partial charge in [-0.2, -0.15) is 0 Å². The molecule has 0 unspecified atom stereocenters. The number of carboxylic acid groups (broad SMARTS) is 1. The summed E-state index contributed by atoms with van der Waals surface area (Å²) in [6.45, 7) is 3.91. The summed E-state index contributed by atoms with van der Waals surface area (Å²) < 4.78 is 0. The molecule has 0 aromatic carbocycles. The minimum absolute atomic E-state index is 0.148. The van der Waals surface area contributed by atoms with E-state index in [-0.39, 0.29) is 23.7 Å². The smallest absolute Gasteiger partial charge is 0.224 e. The van der Waals surface area contributed by atoms with Crippen molar-refractivity contribution in [2.45, 2.75) is 19.3 Å². The average Bonchev–Trinajstić information content (AvgIpc) is 2.84. The van der Waals surface area contributed by atoms with Gasteiger partial charge in [0.15, 0.2) is 0 Å². The summed E-state index contributed by atoms with van der Waals surface area (Å²) in [5.74, 6) is -1.80.